The maximum Gasteiger partial charge on any atom is 0.122 e. The summed E-state index contributed by atoms with van der Waals surface area (Å²) >= 11 is 0. The summed E-state index contributed by atoms with van der Waals surface area (Å²) in [5, 5.41) is 3.53. The molecule has 0 radical (unpaired) electrons. The van der Waals surface area contributed by atoms with Crippen LogP contribution in [0.3, 0.4) is 0 Å². The van der Waals surface area contributed by atoms with Crippen molar-refractivity contribution in [3.05, 3.63) is 29.8 Å². The first-order chi connectivity index (χ1) is 9.50. The molecular formula is C18H31NO. The Kier molecular flexibility index (Phi) is 7.68. The van der Waals surface area contributed by atoms with E-state index in [1.807, 2.05) is 6.07 Å². The summed E-state index contributed by atoms with van der Waals surface area (Å²) in [6.45, 7) is 12.9. The zero-order chi connectivity index (χ0) is 15.0. The fourth-order valence-electron chi connectivity index (χ4n) is 2.24. The standard InChI is InChI=1S/C18H31NO/c1-14(2)10-11-16(5)19-12-13-20-18-9-7-6-8-17(18)15(3)4/h6-9,14-16,19H,10-13H2,1-5H3. The number of benzene rings is 1. The SMILES string of the molecule is CC(C)CCC(C)NCCOc1ccccc1C(C)C. The van der Waals surface area contributed by atoms with E-state index in [-0.39, 0.29) is 0 Å². The van der Waals surface area contributed by atoms with Gasteiger partial charge in [0.2, 0.25) is 0 Å². The van der Waals surface area contributed by atoms with Gasteiger partial charge < -0.3 is 10.1 Å². The van der Waals surface area contributed by atoms with Crippen LogP contribution in [0.25, 0.3) is 0 Å². The molecule has 114 valence electrons. The summed E-state index contributed by atoms with van der Waals surface area (Å²) in [7, 11) is 0. The minimum atomic E-state index is 0.504. The number of nitrogens with one attached hydrogen (secondary N) is 1. The Morgan fingerprint density at radius 1 is 1.00 bits per heavy atom. The molecule has 0 saturated carbocycles. The highest BCUT2D eigenvalue weighted by molar-refractivity contribution is 5.35. The monoisotopic (exact) mass is 277 g/mol. The Bertz CT molecular complexity index is 373. The average molecular weight is 277 g/mol. The summed E-state index contributed by atoms with van der Waals surface area (Å²) in [5.74, 6) is 2.32. The Morgan fingerprint density at radius 2 is 1.70 bits per heavy atom. The van der Waals surface area contributed by atoms with Crippen molar-refractivity contribution in [2.24, 2.45) is 5.92 Å². The van der Waals surface area contributed by atoms with Crippen LogP contribution in [0.2, 0.25) is 0 Å². The molecule has 2 heteroatoms. The van der Waals surface area contributed by atoms with E-state index in [1.165, 1.54) is 18.4 Å². The van der Waals surface area contributed by atoms with E-state index in [0.29, 0.717) is 12.0 Å². The van der Waals surface area contributed by atoms with Gasteiger partial charge in [0.05, 0.1) is 0 Å². The second-order valence-electron chi connectivity index (χ2n) is 6.37. The Balaban J connectivity index is 2.27. The molecule has 1 aromatic carbocycles. The molecule has 1 atom stereocenters. The normalized spacial score (nSPS) is 12.9. The molecule has 0 aliphatic carbocycles. The summed E-state index contributed by atoms with van der Waals surface area (Å²) in [4.78, 5) is 0. The second-order valence-corrected chi connectivity index (χ2v) is 6.37. The third kappa shape index (κ3) is 6.42. The second kappa shape index (κ2) is 9.02. The highest BCUT2D eigenvalue weighted by atomic mass is 16.5. The molecule has 0 amide bonds. The van der Waals surface area contributed by atoms with Crippen LogP contribution in [0.15, 0.2) is 24.3 Å². The van der Waals surface area contributed by atoms with Crippen molar-refractivity contribution in [3.63, 3.8) is 0 Å². The van der Waals surface area contributed by atoms with E-state index in [0.717, 1.165) is 24.8 Å². The number of ether oxygens (including phenoxy) is 1. The number of hydrogen-bond donors (Lipinski definition) is 1. The largest absolute Gasteiger partial charge is 0.492 e. The van der Waals surface area contributed by atoms with Crippen LogP contribution in [0.4, 0.5) is 0 Å². The molecule has 1 unspecified atom stereocenters. The molecule has 0 aliphatic heterocycles. The van der Waals surface area contributed by atoms with Gasteiger partial charge in [0.25, 0.3) is 0 Å². The van der Waals surface area contributed by atoms with Gasteiger partial charge in [-0.2, -0.15) is 0 Å². The summed E-state index contributed by atoms with van der Waals surface area (Å²) in [6.07, 6.45) is 2.52. The third-order valence-electron chi connectivity index (χ3n) is 3.57. The lowest BCUT2D eigenvalue weighted by Crippen LogP contribution is -2.30. The fourth-order valence-corrected chi connectivity index (χ4v) is 2.24. The minimum absolute atomic E-state index is 0.504. The zero-order valence-electron chi connectivity index (χ0n) is 13.8. The van der Waals surface area contributed by atoms with Crippen LogP contribution in [0.1, 0.15) is 58.9 Å². The van der Waals surface area contributed by atoms with Crippen LogP contribution in [0, 0.1) is 5.92 Å². The number of rotatable bonds is 9. The first kappa shape index (κ1) is 17.0. The lowest BCUT2D eigenvalue weighted by atomic mass is 10.0. The van der Waals surface area contributed by atoms with Crippen LogP contribution >= 0.6 is 0 Å². The first-order valence-electron chi connectivity index (χ1n) is 7.95. The van der Waals surface area contributed by atoms with Gasteiger partial charge in [-0.1, -0.05) is 45.9 Å². The first-order valence-corrected chi connectivity index (χ1v) is 7.95. The fraction of sp³-hybridized carbons (Fsp3) is 0.667. The molecule has 0 saturated heterocycles. The molecule has 1 N–H and O–H groups in total. The van der Waals surface area contributed by atoms with Crippen molar-refractivity contribution in [3.8, 4) is 5.75 Å². The molecule has 2 nitrogen and oxygen atoms in total. The Labute approximate surface area is 124 Å². The molecular weight excluding hydrogens is 246 g/mol. The summed E-state index contributed by atoms with van der Waals surface area (Å²) in [6, 6.07) is 8.91. The quantitative estimate of drug-likeness (QED) is 0.666. The molecule has 0 spiro atoms. The van der Waals surface area contributed by atoms with Crippen molar-refractivity contribution in [1.82, 2.24) is 5.32 Å². The molecule has 20 heavy (non-hydrogen) atoms. The molecule has 1 aromatic rings. The topological polar surface area (TPSA) is 21.3 Å². The molecule has 0 heterocycles. The van der Waals surface area contributed by atoms with Crippen molar-refractivity contribution in [1.29, 1.82) is 0 Å². The number of para-hydroxylation sites is 1. The van der Waals surface area contributed by atoms with Crippen molar-refractivity contribution in [2.75, 3.05) is 13.2 Å². The van der Waals surface area contributed by atoms with Crippen LogP contribution in [0.5, 0.6) is 5.75 Å². The van der Waals surface area contributed by atoms with Gasteiger partial charge in [-0.3, -0.25) is 0 Å². The van der Waals surface area contributed by atoms with E-state index in [9.17, 15) is 0 Å². The van der Waals surface area contributed by atoms with Crippen LogP contribution < -0.4 is 10.1 Å². The van der Waals surface area contributed by atoms with Crippen LogP contribution in [-0.2, 0) is 0 Å². The van der Waals surface area contributed by atoms with Crippen molar-refractivity contribution in [2.45, 2.75) is 59.4 Å². The van der Waals surface area contributed by atoms with E-state index >= 15 is 0 Å². The highest BCUT2D eigenvalue weighted by Crippen LogP contribution is 2.25. The van der Waals surface area contributed by atoms with Crippen LogP contribution in [-0.4, -0.2) is 19.2 Å². The number of hydrogen-bond acceptors (Lipinski definition) is 2. The summed E-state index contributed by atoms with van der Waals surface area (Å²) in [5.41, 5.74) is 1.29. The lowest BCUT2D eigenvalue weighted by Gasteiger charge is -2.17. The van der Waals surface area contributed by atoms with E-state index < -0.39 is 0 Å². The predicted octanol–water partition coefficient (Wildman–Crippen LogP) is 4.60. The van der Waals surface area contributed by atoms with Gasteiger partial charge >= 0.3 is 0 Å². The Morgan fingerprint density at radius 3 is 2.35 bits per heavy atom. The molecule has 1 rings (SSSR count). The predicted molar refractivity (Wildman–Crippen MR) is 87.6 cm³/mol. The minimum Gasteiger partial charge on any atom is -0.492 e. The Hall–Kier alpha value is -1.02. The van der Waals surface area contributed by atoms with Gasteiger partial charge in [-0.15, -0.1) is 0 Å². The van der Waals surface area contributed by atoms with E-state index in [4.69, 9.17) is 4.74 Å². The van der Waals surface area contributed by atoms with Gasteiger partial charge in [-0.05, 0) is 43.2 Å². The lowest BCUT2D eigenvalue weighted by molar-refractivity contribution is 0.299. The molecule has 0 fully saturated rings. The average Bonchev–Trinajstić information content (AvgIpc) is 2.41. The molecule has 0 aliphatic rings. The molecule has 0 bridgehead atoms. The van der Waals surface area contributed by atoms with Gasteiger partial charge in [0.15, 0.2) is 0 Å². The third-order valence-corrected chi connectivity index (χ3v) is 3.57. The highest BCUT2D eigenvalue weighted by Gasteiger charge is 2.07. The van der Waals surface area contributed by atoms with Gasteiger partial charge in [-0.25, -0.2) is 0 Å². The smallest absolute Gasteiger partial charge is 0.122 e. The van der Waals surface area contributed by atoms with Crippen molar-refractivity contribution >= 4 is 0 Å². The summed E-state index contributed by atoms with van der Waals surface area (Å²) < 4.78 is 5.91. The van der Waals surface area contributed by atoms with Gasteiger partial charge in [0, 0.05) is 12.6 Å². The maximum absolute atomic E-state index is 5.91. The van der Waals surface area contributed by atoms with E-state index in [1.54, 1.807) is 0 Å². The van der Waals surface area contributed by atoms with Crippen molar-refractivity contribution < 1.29 is 4.74 Å². The van der Waals surface area contributed by atoms with Gasteiger partial charge in [0.1, 0.15) is 12.4 Å². The molecule has 0 aromatic heterocycles. The zero-order valence-corrected chi connectivity index (χ0v) is 13.8. The van der Waals surface area contributed by atoms with E-state index in [2.05, 4.69) is 58.1 Å². The maximum atomic E-state index is 5.91.